The number of hydrogen-bond acceptors (Lipinski definition) is 9. The van der Waals surface area contributed by atoms with Gasteiger partial charge in [-0.25, -0.2) is 0 Å². The molecule has 0 aromatic heterocycles. The van der Waals surface area contributed by atoms with E-state index in [-0.39, 0.29) is 30.8 Å². The van der Waals surface area contributed by atoms with Gasteiger partial charge in [-0.2, -0.15) is 5.01 Å². The summed E-state index contributed by atoms with van der Waals surface area (Å²) in [6.45, 7) is 0.766. The van der Waals surface area contributed by atoms with Crippen LogP contribution in [0.2, 0.25) is 0 Å². The number of hydrogen-bond donors (Lipinski definition) is 1. The summed E-state index contributed by atoms with van der Waals surface area (Å²) in [5.74, 6) is -2.72. The first-order valence-electron chi connectivity index (χ1n) is 15.3. The number of imide groups is 1. The molecule has 7 rings (SSSR count). The normalized spacial score (nSPS) is 22.7. The maximum atomic E-state index is 14.3. The maximum absolute atomic E-state index is 14.3. The van der Waals surface area contributed by atoms with Crippen molar-refractivity contribution < 1.29 is 33.8 Å². The minimum absolute atomic E-state index is 0.103. The molecule has 4 aliphatic rings. The molecule has 0 spiro atoms. The molecule has 234 valence electrons. The molecule has 3 heterocycles. The number of carbonyl (C=O) groups excluding carboxylic acids is 5. The molecular formula is C35H32N4O7. The Bertz CT molecular complexity index is 1720. The summed E-state index contributed by atoms with van der Waals surface area (Å²) in [4.78, 5) is 68.8. The van der Waals surface area contributed by atoms with E-state index in [0.29, 0.717) is 0 Å². The summed E-state index contributed by atoms with van der Waals surface area (Å²) in [5, 5.41) is 14.7. The van der Waals surface area contributed by atoms with Gasteiger partial charge in [-0.05, 0) is 47.2 Å². The molecule has 3 aromatic rings. The number of amides is 3. The Morgan fingerprint density at radius 3 is 2.00 bits per heavy atom. The molecule has 3 aliphatic heterocycles. The smallest absolute Gasteiger partial charge is 0.302 e. The summed E-state index contributed by atoms with van der Waals surface area (Å²) in [5.41, 5.74) is 4.62. The molecule has 0 bridgehead atoms. The van der Waals surface area contributed by atoms with Crippen LogP contribution in [0.15, 0.2) is 85.1 Å². The molecule has 11 nitrogen and oxygen atoms in total. The van der Waals surface area contributed by atoms with Gasteiger partial charge < -0.3 is 14.7 Å². The van der Waals surface area contributed by atoms with Crippen LogP contribution in [-0.2, 0) is 32.0 Å². The van der Waals surface area contributed by atoms with Crippen molar-refractivity contribution in [3.05, 3.63) is 118 Å². The lowest BCUT2D eigenvalue weighted by Crippen LogP contribution is -2.74. The van der Waals surface area contributed by atoms with Gasteiger partial charge in [0, 0.05) is 19.2 Å². The molecule has 1 aliphatic carbocycles. The van der Waals surface area contributed by atoms with Gasteiger partial charge in [0.2, 0.25) is 0 Å². The molecule has 3 amide bonds. The number of ether oxygens (including phenoxy) is 1. The Labute approximate surface area is 265 Å². The maximum Gasteiger partial charge on any atom is 0.302 e. The lowest BCUT2D eigenvalue weighted by molar-refractivity contribution is -0.207. The number of aliphatic hydroxyl groups is 1. The number of aryl methyl sites for hydroxylation is 2. The molecule has 1 saturated heterocycles. The van der Waals surface area contributed by atoms with Gasteiger partial charge in [-0.15, -0.1) is 0 Å². The Morgan fingerprint density at radius 2 is 1.41 bits per heavy atom. The third-order valence-corrected chi connectivity index (χ3v) is 9.22. The molecular weight excluding hydrogens is 588 g/mol. The second-order valence-corrected chi connectivity index (χ2v) is 11.8. The van der Waals surface area contributed by atoms with Crippen molar-refractivity contribution in [3.8, 4) is 0 Å². The first kappa shape index (κ1) is 29.6. The fraction of sp³-hybridized carbons (Fsp3) is 0.286. The highest BCUT2D eigenvalue weighted by molar-refractivity contribution is 6.21. The average molecular weight is 621 g/mol. The number of aliphatic hydroxyl groups excluding tert-OH is 1. The van der Waals surface area contributed by atoms with Crippen molar-refractivity contribution in [2.24, 2.45) is 0 Å². The monoisotopic (exact) mass is 620 g/mol. The van der Waals surface area contributed by atoms with Crippen molar-refractivity contribution in [1.29, 1.82) is 0 Å². The van der Waals surface area contributed by atoms with E-state index in [2.05, 4.69) is 12.1 Å². The molecule has 0 saturated carbocycles. The van der Waals surface area contributed by atoms with E-state index in [1.54, 1.807) is 29.3 Å². The molecule has 3 aromatic carbocycles. The van der Waals surface area contributed by atoms with Crippen LogP contribution in [-0.4, -0.2) is 92.4 Å². The molecule has 0 radical (unpaired) electrons. The summed E-state index contributed by atoms with van der Waals surface area (Å²) >= 11 is 0. The Kier molecular flexibility index (Phi) is 7.50. The lowest BCUT2D eigenvalue weighted by Gasteiger charge is -2.57. The average Bonchev–Trinajstić information content (AvgIpc) is 3.18. The van der Waals surface area contributed by atoms with Crippen molar-refractivity contribution in [1.82, 2.24) is 19.8 Å². The number of fused-ring (bicyclic) bond motifs is 4. The number of rotatable bonds is 6. The van der Waals surface area contributed by atoms with Crippen LogP contribution in [0.3, 0.4) is 0 Å². The topological polar surface area (TPSA) is 128 Å². The number of esters is 1. The number of hydrazine groups is 1. The highest BCUT2D eigenvalue weighted by Crippen LogP contribution is 2.43. The van der Waals surface area contributed by atoms with Crippen LogP contribution in [0.25, 0.3) is 0 Å². The van der Waals surface area contributed by atoms with Gasteiger partial charge in [-0.1, -0.05) is 60.7 Å². The fourth-order valence-corrected chi connectivity index (χ4v) is 7.11. The van der Waals surface area contributed by atoms with Crippen LogP contribution >= 0.6 is 0 Å². The fourth-order valence-electron chi connectivity index (χ4n) is 7.11. The second kappa shape index (κ2) is 11.7. The highest BCUT2D eigenvalue weighted by atomic mass is 16.5. The summed E-state index contributed by atoms with van der Waals surface area (Å²) in [6.07, 6.45) is 1.60. The third kappa shape index (κ3) is 4.79. The van der Waals surface area contributed by atoms with E-state index in [9.17, 15) is 29.1 Å². The van der Waals surface area contributed by atoms with Crippen LogP contribution in [0.1, 0.15) is 55.9 Å². The molecule has 46 heavy (non-hydrogen) atoms. The van der Waals surface area contributed by atoms with Crippen molar-refractivity contribution in [2.75, 3.05) is 19.7 Å². The van der Waals surface area contributed by atoms with E-state index in [1.807, 2.05) is 41.4 Å². The van der Waals surface area contributed by atoms with Crippen molar-refractivity contribution in [3.63, 3.8) is 0 Å². The number of carbonyl (C=O) groups is 5. The molecule has 1 fully saturated rings. The van der Waals surface area contributed by atoms with Gasteiger partial charge in [-0.3, -0.25) is 33.9 Å². The number of nitrogens with zero attached hydrogens (tertiary/aromatic N) is 4. The van der Waals surface area contributed by atoms with E-state index in [4.69, 9.17) is 4.74 Å². The molecule has 3 atom stereocenters. The van der Waals surface area contributed by atoms with E-state index >= 15 is 0 Å². The minimum atomic E-state index is -1.67. The van der Waals surface area contributed by atoms with E-state index in [0.717, 1.165) is 40.0 Å². The zero-order valence-corrected chi connectivity index (χ0v) is 25.1. The van der Waals surface area contributed by atoms with Gasteiger partial charge in [0.1, 0.15) is 18.9 Å². The minimum Gasteiger partial charge on any atom is -0.464 e. The highest BCUT2D eigenvalue weighted by Gasteiger charge is 2.54. The summed E-state index contributed by atoms with van der Waals surface area (Å²) < 4.78 is 5.25. The number of ketones is 1. The Balaban J connectivity index is 1.42. The number of benzene rings is 3. The van der Waals surface area contributed by atoms with Crippen LogP contribution in [0.4, 0.5) is 0 Å². The first-order valence-corrected chi connectivity index (χ1v) is 15.3. The largest absolute Gasteiger partial charge is 0.464 e. The Morgan fingerprint density at radius 1 is 0.848 bits per heavy atom. The van der Waals surface area contributed by atoms with Gasteiger partial charge in [0.15, 0.2) is 11.8 Å². The molecule has 11 heteroatoms. The quantitative estimate of drug-likeness (QED) is 0.326. The predicted octanol–water partition coefficient (Wildman–Crippen LogP) is 2.25. The van der Waals surface area contributed by atoms with Crippen LogP contribution in [0, 0.1) is 0 Å². The molecule has 3 unspecified atom stereocenters. The van der Waals surface area contributed by atoms with Crippen LogP contribution < -0.4 is 0 Å². The SMILES string of the molecule is CC(=O)OCCN1C(=O)C2C(O)C(=O)C=CN2N(C2c3ccccc3CCc3ccccc32)C1CN1C(=O)c2ccccc2C1=O. The van der Waals surface area contributed by atoms with E-state index in [1.165, 1.54) is 24.1 Å². The zero-order valence-electron chi connectivity index (χ0n) is 25.1. The molecule has 1 N–H and O–H groups in total. The van der Waals surface area contributed by atoms with Crippen LogP contribution in [0.5, 0.6) is 0 Å². The van der Waals surface area contributed by atoms with Gasteiger partial charge in [0.05, 0.1) is 30.3 Å². The van der Waals surface area contributed by atoms with E-state index < -0.39 is 53.8 Å². The van der Waals surface area contributed by atoms with Gasteiger partial charge in [0.25, 0.3) is 17.7 Å². The predicted molar refractivity (Wildman–Crippen MR) is 164 cm³/mol. The second-order valence-electron chi connectivity index (χ2n) is 11.8. The standard InChI is InChI=1S/C35H32N4O7/c1-21(40)46-19-18-36-29(20-37-33(43)26-12-6-7-13-27(26)34(37)44)39(38-17-16-28(41)32(42)31(38)35(36)45)30-24-10-4-2-8-22(24)14-15-23-9-3-5-11-25(23)30/h2-13,16-17,29-32,42H,14-15,18-20H2,1H3. The Hall–Kier alpha value is -5.13. The van der Waals surface area contributed by atoms with Crippen molar-refractivity contribution in [2.45, 2.75) is 44.1 Å². The summed E-state index contributed by atoms with van der Waals surface area (Å²) in [6, 6.07) is 20.7. The first-order chi connectivity index (χ1) is 22.3. The lowest BCUT2D eigenvalue weighted by atomic mass is 9.91. The zero-order chi connectivity index (χ0) is 32.1. The van der Waals surface area contributed by atoms with Crippen molar-refractivity contribution >= 4 is 29.5 Å². The third-order valence-electron chi connectivity index (χ3n) is 9.22. The summed E-state index contributed by atoms with van der Waals surface area (Å²) in [7, 11) is 0. The van der Waals surface area contributed by atoms with Gasteiger partial charge >= 0.3 is 5.97 Å².